The Morgan fingerprint density at radius 3 is 2.57 bits per heavy atom. The molecule has 23 heavy (non-hydrogen) atoms. The summed E-state index contributed by atoms with van der Waals surface area (Å²) < 4.78 is 15.9. The summed E-state index contributed by atoms with van der Waals surface area (Å²) in [4.78, 5) is 4.45. The summed E-state index contributed by atoms with van der Waals surface area (Å²) in [6.45, 7) is 1.92. The van der Waals surface area contributed by atoms with Crippen LogP contribution in [0.15, 0.2) is 40.9 Å². The zero-order chi connectivity index (χ0) is 16.4. The van der Waals surface area contributed by atoms with Crippen LogP contribution in [0, 0.1) is 6.92 Å². The van der Waals surface area contributed by atoms with E-state index in [0.717, 1.165) is 16.7 Å². The first-order chi connectivity index (χ1) is 11.1. The van der Waals surface area contributed by atoms with E-state index in [1.165, 1.54) is 0 Å². The van der Waals surface area contributed by atoms with Gasteiger partial charge in [-0.25, -0.2) is 0 Å². The summed E-state index contributed by atoms with van der Waals surface area (Å²) in [5, 5.41) is 4.04. The van der Waals surface area contributed by atoms with E-state index in [2.05, 4.69) is 10.1 Å². The van der Waals surface area contributed by atoms with Gasteiger partial charge >= 0.3 is 0 Å². The summed E-state index contributed by atoms with van der Waals surface area (Å²) in [6.07, 6.45) is 0. The van der Waals surface area contributed by atoms with Crippen LogP contribution >= 0.6 is 0 Å². The monoisotopic (exact) mass is 311 g/mol. The molecule has 0 fully saturated rings. The summed E-state index contributed by atoms with van der Waals surface area (Å²) in [5.41, 5.74) is 9.13. The molecule has 0 aliphatic rings. The Morgan fingerprint density at radius 1 is 1.04 bits per heavy atom. The van der Waals surface area contributed by atoms with Crippen molar-refractivity contribution in [2.24, 2.45) is 0 Å². The predicted molar refractivity (Wildman–Crippen MR) is 87.4 cm³/mol. The van der Waals surface area contributed by atoms with E-state index in [1.807, 2.05) is 31.2 Å². The van der Waals surface area contributed by atoms with Gasteiger partial charge < -0.3 is 19.7 Å². The van der Waals surface area contributed by atoms with E-state index < -0.39 is 0 Å². The molecule has 1 heterocycles. The maximum atomic E-state index is 5.93. The molecule has 0 amide bonds. The average Bonchev–Trinajstić information content (AvgIpc) is 3.06. The predicted octanol–water partition coefficient (Wildman–Crippen LogP) is 3.31. The van der Waals surface area contributed by atoms with Gasteiger partial charge in [0.15, 0.2) is 11.5 Å². The molecule has 0 radical (unpaired) electrons. The summed E-state index contributed by atoms with van der Waals surface area (Å²) >= 11 is 0. The van der Waals surface area contributed by atoms with E-state index >= 15 is 0 Å². The van der Waals surface area contributed by atoms with Crippen molar-refractivity contribution in [2.75, 3.05) is 20.0 Å². The topological polar surface area (TPSA) is 83.4 Å². The molecule has 0 saturated heterocycles. The van der Waals surface area contributed by atoms with E-state index in [4.69, 9.17) is 19.7 Å². The molecule has 6 heteroatoms. The lowest BCUT2D eigenvalue weighted by Gasteiger charge is -2.07. The van der Waals surface area contributed by atoms with E-state index in [0.29, 0.717) is 28.9 Å². The van der Waals surface area contributed by atoms with Crippen molar-refractivity contribution in [3.8, 4) is 34.3 Å². The van der Waals surface area contributed by atoms with Crippen molar-refractivity contribution in [3.05, 3.63) is 42.0 Å². The highest BCUT2D eigenvalue weighted by atomic mass is 16.5. The summed E-state index contributed by atoms with van der Waals surface area (Å²) in [6, 6.07) is 11.1. The van der Waals surface area contributed by atoms with E-state index in [1.54, 1.807) is 26.4 Å². The number of ether oxygens (including phenoxy) is 2. The first kappa shape index (κ1) is 14.9. The van der Waals surface area contributed by atoms with Crippen LogP contribution in [0.1, 0.15) is 5.56 Å². The molecular weight excluding hydrogens is 294 g/mol. The molecular formula is C17H17N3O3. The van der Waals surface area contributed by atoms with Gasteiger partial charge in [-0.15, -0.1) is 0 Å². The minimum atomic E-state index is 0.430. The molecule has 0 aliphatic carbocycles. The highest BCUT2D eigenvalue weighted by molar-refractivity contribution is 5.69. The Morgan fingerprint density at radius 2 is 1.83 bits per heavy atom. The lowest BCUT2D eigenvalue weighted by atomic mass is 10.1. The lowest BCUT2D eigenvalue weighted by molar-refractivity contribution is 0.355. The highest BCUT2D eigenvalue weighted by Crippen LogP contribution is 2.32. The van der Waals surface area contributed by atoms with Crippen LogP contribution in [0.2, 0.25) is 0 Å². The Hall–Kier alpha value is -3.02. The minimum absolute atomic E-state index is 0.430. The molecule has 3 aromatic rings. The first-order valence-corrected chi connectivity index (χ1v) is 7.05. The largest absolute Gasteiger partial charge is 0.493 e. The zero-order valence-corrected chi connectivity index (χ0v) is 13.2. The second kappa shape index (κ2) is 6.00. The van der Waals surface area contributed by atoms with Gasteiger partial charge in [0.05, 0.1) is 14.2 Å². The molecule has 0 saturated carbocycles. The number of aromatic nitrogens is 2. The minimum Gasteiger partial charge on any atom is -0.493 e. The number of nitrogens with zero attached hydrogens (tertiary/aromatic N) is 2. The molecule has 118 valence electrons. The van der Waals surface area contributed by atoms with Gasteiger partial charge in [-0.2, -0.15) is 4.98 Å². The maximum Gasteiger partial charge on any atom is 0.258 e. The molecule has 6 nitrogen and oxygen atoms in total. The molecule has 3 rings (SSSR count). The highest BCUT2D eigenvalue weighted by Gasteiger charge is 2.15. The second-order valence-corrected chi connectivity index (χ2v) is 5.01. The van der Waals surface area contributed by atoms with Gasteiger partial charge in [-0.05, 0) is 42.8 Å². The Labute approximate surface area is 133 Å². The molecule has 2 N–H and O–H groups in total. The van der Waals surface area contributed by atoms with Crippen LogP contribution in [0.4, 0.5) is 5.69 Å². The van der Waals surface area contributed by atoms with Crippen LogP contribution in [0.3, 0.4) is 0 Å². The molecule has 0 spiro atoms. The Balaban J connectivity index is 2.01. The summed E-state index contributed by atoms with van der Waals surface area (Å²) in [7, 11) is 3.17. The fourth-order valence-corrected chi connectivity index (χ4v) is 2.31. The Kier molecular flexibility index (Phi) is 3.89. The second-order valence-electron chi connectivity index (χ2n) is 5.01. The van der Waals surface area contributed by atoms with E-state index in [9.17, 15) is 0 Å². The number of hydrogen-bond acceptors (Lipinski definition) is 6. The van der Waals surface area contributed by atoms with Crippen molar-refractivity contribution >= 4 is 5.69 Å². The number of benzene rings is 2. The zero-order valence-electron chi connectivity index (χ0n) is 13.2. The van der Waals surface area contributed by atoms with Crippen LogP contribution < -0.4 is 15.2 Å². The normalized spacial score (nSPS) is 10.6. The Bertz CT molecular complexity index is 843. The average molecular weight is 311 g/mol. The number of methoxy groups -OCH3 is 2. The molecule has 1 aromatic heterocycles. The van der Waals surface area contributed by atoms with Crippen molar-refractivity contribution in [1.29, 1.82) is 0 Å². The standard InChI is InChI=1S/C17H17N3O3/c1-10-12(5-4-6-13(10)18)17-19-16(20-23-17)11-7-8-14(21-2)15(9-11)22-3/h4-9H,18H2,1-3H3. The third-order valence-electron chi connectivity index (χ3n) is 3.67. The number of rotatable bonds is 4. The number of nitrogen functional groups attached to an aromatic ring is 1. The van der Waals surface area contributed by atoms with Gasteiger partial charge in [0, 0.05) is 16.8 Å². The van der Waals surface area contributed by atoms with Crippen LogP contribution in [0.25, 0.3) is 22.8 Å². The third kappa shape index (κ3) is 2.70. The van der Waals surface area contributed by atoms with Crippen molar-refractivity contribution < 1.29 is 14.0 Å². The molecule has 0 aliphatic heterocycles. The number of nitrogens with two attached hydrogens (primary N) is 1. The smallest absolute Gasteiger partial charge is 0.258 e. The fourth-order valence-electron chi connectivity index (χ4n) is 2.31. The number of hydrogen-bond donors (Lipinski definition) is 1. The SMILES string of the molecule is COc1ccc(-c2noc(-c3cccc(N)c3C)n2)cc1OC. The molecule has 2 aromatic carbocycles. The van der Waals surface area contributed by atoms with Crippen LogP contribution in [0.5, 0.6) is 11.5 Å². The molecule has 0 unspecified atom stereocenters. The van der Waals surface area contributed by atoms with Crippen LogP contribution in [-0.4, -0.2) is 24.4 Å². The third-order valence-corrected chi connectivity index (χ3v) is 3.67. The van der Waals surface area contributed by atoms with Crippen molar-refractivity contribution in [2.45, 2.75) is 6.92 Å². The van der Waals surface area contributed by atoms with Crippen molar-refractivity contribution in [1.82, 2.24) is 10.1 Å². The van der Waals surface area contributed by atoms with Gasteiger partial charge in [0.25, 0.3) is 5.89 Å². The van der Waals surface area contributed by atoms with Gasteiger partial charge in [-0.1, -0.05) is 11.2 Å². The van der Waals surface area contributed by atoms with E-state index in [-0.39, 0.29) is 0 Å². The number of anilines is 1. The first-order valence-electron chi connectivity index (χ1n) is 7.05. The van der Waals surface area contributed by atoms with Crippen molar-refractivity contribution in [3.63, 3.8) is 0 Å². The fraction of sp³-hybridized carbons (Fsp3) is 0.176. The van der Waals surface area contributed by atoms with Gasteiger partial charge in [0.2, 0.25) is 5.82 Å². The van der Waals surface area contributed by atoms with Crippen LogP contribution in [-0.2, 0) is 0 Å². The molecule has 0 atom stereocenters. The quantitative estimate of drug-likeness (QED) is 0.744. The maximum absolute atomic E-state index is 5.93. The lowest BCUT2D eigenvalue weighted by Crippen LogP contribution is -1.92. The molecule has 0 bridgehead atoms. The summed E-state index contributed by atoms with van der Waals surface area (Å²) in [5.74, 6) is 2.16. The van der Waals surface area contributed by atoms with Gasteiger partial charge in [-0.3, -0.25) is 0 Å². The van der Waals surface area contributed by atoms with Gasteiger partial charge in [0.1, 0.15) is 0 Å².